The molecule has 0 rings (SSSR count). The number of rotatable bonds is 50. The number of unbranched alkanes of at least 4 members (excludes halogenated alkanes) is 29. The minimum absolute atomic E-state index is 0.0797. The van der Waals surface area contributed by atoms with Gasteiger partial charge in [0.05, 0.1) is 18.8 Å². The Labute approximate surface area is 404 Å². The predicted octanol–water partition coefficient (Wildman–Crippen LogP) is 18.5. The van der Waals surface area contributed by atoms with Crippen molar-refractivity contribution in [1.82, 2.24) is 5.32 Å². The maximum atomic E-state index is 12.5. The molecule has 4 nitrogen and oxygen atoms in total. The van der Waals surface area contributed by atoms with Crippen molar-refractivity contribution in [2.24, 2.45) is 0 Å². The first-order valence-corrected chi connectivity index (χ1v) is 28.0. The minimum Gasteiger partial charge on any atom is -0.394 e. The van der Waals surface area contributed by atoms with E-state index >= 15 is 0 Å². The van der Waals surface area contributed by atoms with E-state index in [1.165, 1.54) is 173 Å². The summed E-state index contributed by atoms with van der Waals surface area (Å²) in [4.78, 5) is 12.5. The Balaban J connectivity index is 3.57. The first kappa shape index (κ1) is 62.3. The zero-order chi connectivity index (χ0) is 47.0. The standard InChI is InChI=1S/C61H107NO3/c1-3-5-7-9-11-13-15-17-19-21-23-25-27-28-29-30-31-32-33-34-35-37-39-41-43-45-47-49-51-53-55-57-61(65)62-59(58-63)60(64)56-54-52-50-48-46-44-42-40-38-36-26-24-22-20-18-16-14-12-10-8-6-4-2/h5,7,11,13,17,19,23,25,28-29,38,40,46,48,54,56,59-60,63-64H,3-4,6,8-10,12,14-16,18,20-22,24,26-27,30-37,39,41-45,47,49-53,55,57-58H2,1-2H3,(H,62,65)/b7-5-,13-11-,19-17-,25-23-,29-28-,40-38+,48-46+,56-54+. The van der Waals surface area contributed by atoms with Crippen LogP contribution in [0.5, 0.6) is 0 Å². The maximum absolute atomic E-state index is 12.5. The molecule has 65 heavy (non-hydrogen) atoms. The number of hydrogen-bond acceptors (Lipinski definition) is 3. The molecule has 0 aromatic carbocycles. The number of aliphatic hydroxyl groups excluding tert-OH is 2. The summed E-state index contributed by atoms with van der Waals surface area (Å²) in [6.07, 6.45) is 82.8. The Morgan fingerprint density at radius 1 is 0.385 bits per heavy atom. The molecule has 2 unspecified atom stereocenters. The number of carbonyl (C=O) groups is 1. The fourth-order valence-corrected chi connectivity index (χ4v) is 8.06. The molecule has 0 aromatic heterocycles. The van der Waals surface area contributed by atoms with Crippen molar-refractivity contribution in [2.75, 3.05) is 6.61 Å². The molecule has 0 aliphatic carbocycles. The Morgan fingerprint density at radius 2 is 0.692 bits per heavy atom. The van der Waals surface area contributed by atoms with Gasteiger partial charge in [-0.2, -0.15) is 0 Å². The summed E-state index contributed by atoms with van der Waals surface area (Å²) in [5, 5.41) is 23.1. The lowest BCUT2D eigenvalue weighted by Gasteiger charge is -2.19. The lowest BCUT2D eigenvalue weighted by Crippen LogP contribution is -2.45. The van der Waals surface area contributed by atoms with E-state index in [1.54, 1.807) is 6.08 Å². The van der Waals surface area contributed by atoms with Crippen LogP contribution in [-0.2, 0) is 4.79 Å². The summed E-state index contributed by atoms with van der Waals surface area (Å²) in [5.41, 5.74) is 0. The van der Waals surface area contributed by atoms with Crippen molar-refractivity contribution >= 4 is 5.91 Å². The van der Waals surface area contributed by atoms with Gasteiger partial charge in [-0.3, -0.25) is 4.79 Å². The minimum atomic E-state index is -0.876. The predicted molar refractivity (Wildman–Crippen MR) is 290 cm³/mol. The SMILES string of the molecule is CC/C=C\C/C=C\C/C=C\C/C=C\C/C=C\CCCCCCCCCCCCCCCCCC(=O)NC(CO)C(O)/C=C/CC/C=C/CC/C=C/CCCCCCCCCCCCCC. The number of nitrogens with one attached hydrogen (secondary N) is 1. The fourth-order valence-electron chi connectivity index (χ4n) is 8.06. The van der Waals surface area contributed by atoms with E-state index in [0.29, 0.717) is 6.42 Å². The van der Waals surface area contributed by atoms with Gasteiger partial charge in [-0.15, -0.1) is 0 Å². The first-order valence-electron chi connectivity index (χ1n) is 28.0. The first-order chi connectivity index (χ1) is 32.2. The topological polar surface area (TPSA) is 69.6 Å². The number of amides is 1. The highest BCUT2D eigenvalue weighted by Crippen LogP contribution is 2.16. The van der Waals surface area contributed by atoms with E-state index in [-0.39, 0.29) is 12.5 Å². The van der Waals surface area contributed by atoms with E-state index in [0.717, 1.165) is 70.6 Å². The second-order valence-corrected chi connectivity index (χ2v) is 18.6. The third-order valence-corrected chi connectivity index (χ3v) is 12.3. The molecule has 0 bridgehead atoms. The molecule has 374 valence electrons. The Bertz CT molecular complexity index is 1210. The summed E-state index contributed by atoms with van der Waals surface area (Å²) in [7, 11) is 0. The van der Waals surface area contributed by atoms with Crippen LogP contribution < -0.4 is 5.32 Å². The molecule has 2 atom stereocenters. The van der Waals surface area contributed by atoms with Crippen molar-refractivity contribution in [2.45, 2.75) is 276 Å². The average Bonchev–Trinajstić information content (AvgIpc) is 3.31. The molecule has 0 aromatic rings. The molecule has 0 spiro atoms. The largest absolute Gasteiger partial charge is 0.394 e. The maximum Gasteiger partial charge on any atom is 0.220 e. The molecular weight excluding hydrogens is 795 g/mol. The lowest BCUT2D eigenvalue weighted by molar-refractivity contribution is -0.123. The number of allylic oxidation sites excluding steroid dienone is 15. The molecule has 0 fully saturated rings. The number of aliphatic hydroxyl groups is 2. The van der Waals surface area contributed by atoms with E-state index in [9.17, 15) is 15.0 Å². The van der Waals surface area contributed by atoms with Crippen LogP contribution in [0.1, 0.15) is 264 Å². The zero-order valence-corrected chi connectivity index (χ0v) is 43.0. The van der Waals surface area contributed by atoms with Crippen molar-refractivity contribution in [3.8, 4) is 0 Å². The van der Waals surface area contributed by atoms with Crippen LogP contribution >= 0.6 is 0 Å². The Morgan fingerprint density at radius 3 is 1.08 bits per heavy atom. The van der Waals surface area contributed by atoms with Crippen LogP contribution in [0.2, 0.25) is 0 Å². The summed E-state index contributed by atoms with van der Waals surface area (Å²) >= 11 is 0. The van der Waals surface area contributed by atoms with Crippen LogP contribution in [-0.4, -0.2) is 34.9 Å². The van der Waals surface area contributed by atoms with Crippen LogP contribution in [0, 0.1) is 0 Å². The molecule has 0 aliphatic rings. The molecule has 3 N–H and O–H groups in total. The Kier molecular flexibility index (Phi) is 53.3. The molecule has 0 heterocycles. The van der Waals surface area contributed by atoms with Crippen molar-refractivity contribution in [3.63, 3.8) is 0 Å². The van der Waals surface area contributed by atoms with Crippen LogP contribution in [0.4, 0.5) is 0 Å². The quantitative estimate of drug-likeness (QED) is 0.0421. The highest BCUT2D eigenvalue weighted by molar-refractivity contribution is 5.76. The molecule has 0 radical (unpaired) electrons. The van der Waals surface area contributed by atoms with Crippen molar-refractivity contribution in [3.05, 3.63) is 97.2 Å². The van der Waals surface area contributed by atoms with Crippen molar-refractivity contribution in [1.29, 1.82) is 0 Å². The summed E-state index contributed by atoms with van der Waals surface area (Å²) in [5.74, 6) is -0.0797. The second-order valence-electron chi connectivity index (χ2n) is 18.6. The van der Waals surface area contributed by atoms with Gasteiger partial charge in [-0.1, -0.05) is 265 Å². The highest BCUT2D eigenvalue weighted by Gasteiger charge is 2.17. The number of carbonyl (C=O) groups excluding carboxylic acids is 1. The summed E-state index contributed by atoms with van der Waals surface area (Å²) < 4.78 is 0. The van der Waals surface area contributed by atoms with E-state index in [4.69, 9.17) is 0 Å². The molecular formula is C61H107NO3. The van der Waals surface area contributed by atoms with E-state index < -0.39 is 12.1 Å². The molecule has 0 saturated carbocycles. The van der Waals surface area contributed by atoms with E-state index in [2.05, 4.69) is 104 Å². The van der Waals surface area contributed by atoms with Gasteiger partial charge < -0.3 is 15.5 Å². The highest BCUT2D eigenvalue weighted by atomic mass is 16.3. The van der Waals surface area contributed by atoms with Gasteiger partial charge >= 0.3 is 0 Å². The Hall–Kier alpha value is -2.69. The van der Waals surface area contributed by atoms with Gasteiger partial charge in [0.2, 0.25) is 5.91 Å². The fraction of sp³-hybridized carbons (Fsp3) is 0.721. The normalized spacial score (nSPS) is 13.6. The third kappa shape index (κ3) is 52.1. The van der Waals surface area contributed by atoms with E-state index in [1.807, 2.05) is 6.08 Å². The summed E-state index contributed by atoms with van der Waals surface area (Å²) in [6.45, 7) is 4.19. The van der Waals surface area contributed by atoms with Gasteiger partial charge in [-0.25, -0.2) is 0 Å². The van der Waals surface area contributed by atoms with Crippen molar-refractivity contribution < 1.29 is 15.0 Å². The smallest absolute Gasteiger partial charge is 0.220 e. The van der Waals surface area contributed by atoms with Gasteiger partial charge in [0.1, 0.15) is 0 Å². The van der Waals surface area contributed by atoms with Crippen LogP contribution in [0.15, 0.2) is 97.2 Å². The number of hydrogen-bond donors (Lipinski definition) is 3. The molecule has 0 aliphatic heterocycles. The zero-order valence-electron chi connectivity index (χ0n) is 43.0. The average molecular weight is 903 g/mol. The van der Waals surface area contributed by atoms with Crippen LogP contribution in [0.25, 0.3) is 0 Å². The van der Waals surface area contributed by atoms with Crippen LogP contribution in [0.3, 0.4) is 0 Å². The van der Waals surface area contributed by atoms with Gasteiger partial charge in [-0.05, 0) is 89.9 Å². The van der Waals surface area contributed by atoms with Gasteiger partial charge in [0.15, 0.2) is 0 Å². The molecule has 4 heteroatoms. The monoisotopic (exact) mass is 902 g/mol. The van der Waals surface area contributed by atoms with Gasteiger partial charge in [0.25, 0.3) is 0 Å². The second kappa shape index (κ2) is 55.6. The van der Waals surface area contributed by atoms with Gasteiger partial charge in [0, 0.05) is 6.42 Å². The lowest BCUT2D eigenvalue weighted by atomic mass is 10.0. The molecule has 0 saturated heterocycles. The summed E-state index contributed by atoms with van der Waals surface area (Å²) in [6, 6.07) is -0.651. The third-order valence-electron chi connectivity index (χ3n) is 12.3. The molecule has 1 amide bonds.